The topological polar surface area (TPSA) is 77.5 Å². The first kappa shape index (κ1) is 13.4. The monoisotopic (exact) mass is 286 g/mol. The Morgan fingerprint density at radius 1 is 1.38 bits per heavy atom. The SMILES string of the molecule is COc1ccc(CO)cc1Cn1c(=O)oc2cccnc21. The molecule has 0 unspecified atom stereocenters. The van der Waals surface area contributed by atoms with Crippen LogP contribution in [0.2, 0.25) is 0 Å². The molecular formula is C15H14N2O4. The summed E-state index contributed by atoms with van der Waals surface area (Å²) in [4.78, 5) is 16.1. The lowest BCUT2D eigenvalue weighted by Crippen LogP contribution is -2.16. The molecule has 0 amide bonds. The van der Waals surface area contributed by atoms with E-state index in [9.17, 15) is 9.90 Å². The standard InChI is InChI=1S/C15H14N2O4/c1-20-12-5-4-10(9-18)7-11(12)8-17-14-13(21-15(17)19)3-2-6-16-14/h2-7,18H,8-9H2,1H3. The molecule has 0 aliphatic carbocycles. The van der Waals surface area contributed by atoms with Gasteiger partial charge in [0.15, 0.2) is 11.2 Å². The van der Waals surface area contributed by atoms with Crippen LogP contribution in [0.25, 0.3) is 11.2 Å². The van der Waals surface area contributed by atoms with Gasteiger partial charge in [0.2, 0.25) is 0 Å². The quantitative estimate of drug-likeness (QED) is 0.787. The number of pyridine rings is 1. The van der Waals surface area contributed by atoms with Gasteiger partial charge in [0, 0.05) is 11.8 Å². The number of hydrogen-bond donors (Lipinski definition) is 1. The average molecular weight is 286 g/mol. The Hall–Kier alpha value is -2.60. The molecule has 0 aliphatic heterocycles. The van der Waals surface area contributed by atoms with Gasteiger partial charge in [-0.05, 0) is 29.8 Å². The largest absolute Gasteiger partial charge is 0.496 e. The van der Waals surface area contributed by atoms with Crippen molar-refractivity contribution in [2.45, 2.75) is 13.2 Å². The fourth-order valence-electron chi connectivity index (χ4n) is 2.26. The molecule has 0 atom stereocenters. The minimum absolute atomic E-state index is 0.0731. The number of aromatic nitrogens is 2. The Morgan fingerprint density at radius 3 is 3.00 bits per heavy atom. The minimum Gasteiger partial charge on any atom is -0.496 e. The van der Waals surface area contributed by atoms with Gasteiger partial charge in [0.05, 0.1) is 20.3 Å². The van der Waals surface area contributed by atoms with Crippen LogP contribution in [-0.2, 0) is 13.2 Å². The van der Waals surface area contributed by atoms with Crippen LogP contribution >= 0.6 is 0 Å². The zero-order chi connectivity index (χ0) is 14.8. The van der Waals surface area contributed by atoms with Gasteiger partial charge in [0.1, 0.15) is 5.75 Å². The van der Waals surface area contributed by atoms with Crippen molar-refractivity contribution >= 4 is 11.2 Å². The van der Waals surface area contributed by atoms with Gasteiger partial charge in [-0.15, -0.1) is 0 Å². The molecule has 6 nitrogen and oxygen atoms in total. The molecule has 3 aromatic rings. The van der Waals surface area contributed by atoms with Gasteiger partial charge in [-0.3, -0.25) is 4.57 Å². The fraction of sp³-hybridized carbons (Fsp3) is 0.200. The summed E-state index contributed by atoms with van der Waals surface area (Å²) in [6, 6.07) is 8.75. The van der Waals surface area contributed by atoms with Crippen LogP contribution in [0.15, 0.2) is 45.7 Å². The molecule has 2 heterocycles. The molecule has 0 fully saturated rings. The number of benzene rings is 1. The van der Waals surface area contributed by atoms with E-state index < -0.39 is 5.76 Å². The number of fused-ring (bicyclic) bond motifs is 1. The van der Waals surface area contributed by atoms with Gasteiger partial charge in [-0.25, -0.2) is 9.78 Å². The molecule has 0 radical (unpaired) electrons. The summed E-state index contributed by atoms with van der Waals surface area (Å²) in [6.07, 6.45) is 1.61. The molecule has 0 aliphatic rings. The second kappa shape index (κ2) is 5.41. The van der Waals surface area contributed by atoms with Crippen molar-refractivity contribution in [3.63, 3.8) is 0 Å². The summed E-state index contributed by atoms with van der Waals surface area (Å²) in [5.41, 5.74) is 2.46. The van der Waals surface area contributed by atoms with Crippen LogP contribution in [0, 0.1) is 0 Å². The Labute approximate surface area is 120 Å². The number of rotatable bonds is 4. The molecular weight excluding hydrogens is 272 g/mol. The fourth-order valence-corrected chi connectivity index (χ4v) is 2.26. The van der Waals surface area contributed by atoms with Crippen LogP contribution in [0.4, 0.5) is 0 Å². The molecule has 6 heteroatoms. The third-order valence-electron chi connectivity index (χ3n) is 3.28. The van der Waals surface area contributed by atoms with Crippen LogP contribution in [-0.4, -0.2) is 21.8 Å². The summed E-state index contributed by atoms with van der Waals surface area (Å²) in [5.74, 6) is 0.171. The number of aliphatic hydroxyl groups is 1. The summed E-state index contributed by atoms with van der Waals surface area (Å²) in [7, 11) is 1.56. The van der Waals surface area contributed by atoms with E-state index in [1.165, 1.54) is 4.57 Å². The van der Waals surface area contributed by atoms with Gasteiger partial charge in [0.25, 0.3) is 0 Å². The number of aliphatic hydroxyl groups excluding tert-OH is 1. The van der Waals surface area contributed by atoms with E-state index in [1.807, 2.05) is 0 Å². The minimum atomic E-state index is -0.472. The first-order valence-electron chi connectivity index (χ1n) is 6.44. The molecule has 2 aromatic heterocycles. The van der Waals surface area contributed by atoms with Crippen LogP contribution in [0.1, 0.15) is 11.1 Å². The third kappa shape index (κ3) is 2.41. The maximum Gasteiger partial charge on any atom is 0.421 e. The van der Waals surface area contributed by atoms with Gasteiger partial charge in [-0.2, -0.15) is 0 Å². The Bertz CT molecular complexity index is 835. The highest BCUT2D eigenvalue weighted by molar-refractivity contribution is 5.67. The molecule has 1 N–H and O–H groups in total. The number of ether oxygens (including phenoxy) is 1. The molecule has 0 bridgehead atoms. The zero-order valence-electron chi connectivity index (χ0n) is 11.4. The smallest absolute Gasteiger partial charge is 0.421 e. The lowest BCUT2D eigenvalue weighted by molar-refractivity contribution is 0.281. The summed E-state index contributed by atoms with van der Waals surface area (Å²) < 4.78 is 11.9. The normalized spacial score (nSPS) is 11.0. The highest BCUT2D eigenvalue weighted by Gasteiger charge is 2.13. The summed E-state index contributed by atoms with van der Waals surface area (Å²) in [5, 5.41) is 9.24. The molecule has 0 saturated heterocycles. The first-order chi connectivity index (χ1) is 10.2. The van der Waals surface area contributed by atoms with E-state index in [2.05, 4.69) is 4.98 Å². The molecule has 21 heavy (non-hydrogen) atoms. The highest BCUT2D eigenvalue weighted by atomic mass is 16.5. The number of hydrogen-bond acceptors (Lipinski definition) is 5. The van der Waals surface area contributed by atoms with E-state index in [-0.39, 0.29) is 13.2 Å². The zero-order valence-corrected chi connectivity index (χ0v) is 11.4. The van der Waals surface area contributed by atoms with Crippen LogP contribution in [0.5, 0.6) is 5.75 Å². The molecule has 1 aromatic carbocycles. The summed E-state index contributed by atoms with van der Waals surface area (Å²) >= 11 is 0. The van der Waals surface area contributed by atoms with Crippen molar-refractivity contribution in [1.29, 1.82) is 0 Å². The Balaban J connectivity index is 2.10. The van der Waals surface area contributed by atoms with E-state index >= 15 is 0 Å². The van der Waals surface area contributed by atoms with Crippen molar-refractivity contribution in [2.24, 2.45) is 0 Å². The number of oxazole rings is 1. The lowest BCUT2D eigenvalue weighted by Gasteiger charge is -2.10. The Morgan fingerprint density at radius 2 is 2.24 bits per heavy atom. The Kier molecular flexibility index (Phi) is 3.45. The maximum atomic E-state index is 12.0. The lowest BCUT2D eigenvalue weighted by atomic mass is 10.1. The number of nitrogens with zero attached hydrogens (tertiary/aromatic N) is 2. The first-order valence-corrected chi connectivity index (χ1v) is 6.44. The molecule has 108 valence electrons. The van der Waals surface area contributed by atoms with Gasteiger partial charge in [-0.1, -0.05) is 6.07 Å². The third-order valence-corrected chi connectivity index (χ3v) is 3.28. The van der Waals surface area contributed by atoms with E-state index in [0.717, 1.165) is 11.1 Å². The van der Waals surface area contributed by atoms with Crippen molar-refractivity contribution in [2.75, 3.05) is 7.11 Å². The highest BCUT2D eigenvalue weighted by Crippen LogP contribution is 2.22. The van der Waals surface area contributed by atoms with E-state index in [4.69, 9.17) is 9.15 Å². The van der Waals surface area contributed by atoms with Crippen LogP contribution in [0.3, 0.4) is 0 Å². The predicted octanol–water partition coefficient (Wildman–Crippen LogP) is 1.54. The molecule has 0 spiro atoms. The second-order valence-corrected chi connectivity index (χ2v) is 4.58. The van der Waals surface area contributed by atoms with Crippen LogP contribution < -0.4 is 10.5 Å². The van der Waals surface area contributed by atoms with Crippen molar-refractivity contribution in [3.8, 4) is 5.75 Å². The predicted molar refractivity (Wildman–Crippen MR) is 76.3 cm³/mol. The maximum absolute atomic E-state index is 12.0. The van der Waals surface area contributed by atoms with Gasteiger partial charge >= 0.3 is 5.76 Å². The second-order valence-electron chi connectivity index (χ2n) is 4.58. The van der Waals surface area contributed by atoms with E-state index in [0.29, 0.717) is 17.0 Å². The molecule has 3 rings (SSSR count). The van der Waals surface area contributed by atoms with Crippen molar-refractivity contribution < 1.29 is 14.3 Å². The average Bonchev–Trinajstić information content (AvgIpc) is 2.83. The van der Waals surface area contributed by atoms with Crippen molar-refractivity contribution in [1.82, 2.24) is 9.55 Å². The summed E-state index contributed by atoms with van der Waals surface area (Å²) in [6.45, 7) is 0.191. The van der Waals surface area contributed by atoms with E-state index in [1.54, 1.807) is 43.6 Å². The van der Waals surface area contributed by atoms with Crippen molar-refractivity contribution in [3.05, 3.63) is 58.2 Å². The molecule has 0 saturated carbocycles. The van der Waals surface area contributed by atoms with Gasteiger partial charge < -0.3 is 14.3 Å². The number of methoxy groups -OCH3 is 1.